The van der Waals surface area contributed by atoms with Crippen LogP contribution in [0.5, 0.6) is 0 Å². The lowest BCUT2D eigenvalue weighted by atomic mass is 9.92. The van der Waals surface area contributed by atoms with Gasteiger partial charge in [-0.05, 0) is 27.9 Å². The van der Waals surface area contributed by atoms with Crippen LogP contribution >= 0.6 is 0 Å². The smallest absolute Gasteiger partial charge is 0.320 e. The number of likely N-dealkylation sites (N-methyl/N-ethyl adjacent to an activating group) is 1. The molecule has 5 heteroatoms. The molecular weight excluding hydrogens is 196 g/mol. The summed E-state index contributed by atoms with van der Waals surface area (Å²) in [5, 5.41) is 2.69. The van der Waals surface area contributed by atoms with Gasteiger partial charge in [0.15, 0.2) is 0 Å². The first-order valence-corrected chi connectivity index (χ1v) is 4.83. The highest BCUT2D eigenvalue weighted by Gasteiger charge is 2.36. The molecule has 0 spiro atoms. The van der Waals surface area contributed by atoms with Crippen molar-refractivity contribution in [1.29, 1.82) is 0 Å². The third-order valence-corrected chi connectivity index (χ3v) is 2.11. The van der Waals surface area contributed by atoms with E-state index in [1.54, 1.807) is 13.8 Å². The van der Waals surface area contributed by atoms with Crippen LogP contribution in [0.3, 0.4) is 0 Å². The Bertz CT molecular complexity index is 237. The zero-order valence-corrected chi connectivity index (χ0v) is 10.1. The fourth-order valence-electron chi connectivity index (χ4n) is 0.962. The van der Waals surface area contributed by atoms with E-state index in [9.17, 15) is 9.59 Å². The van der Waals surface area contributed by atoms with Crippen molar-refractivity contribution >= 4 is 11.9 Å². The highest BCUT2D eigenvalue weighted by molar-refractivity contribution is 6.01. The number of hydrogen-bond donors (Lipinski definition) is 1. The lowest BCUT2D eigenvalue weighted by Gasteiger charge is -2.21. The van der Waals surface area contributed by atoms with Crippen molar-refractivity contribution in [2.24, 2.45) is 5.41 Å². The maximum absolute atomic E-state index is 11.6. The van der Waals surface area contributed by atoms with Gasteiger partial charge >= 0.3 is 5.97 Å². The van der Waals surface area contributed by atoms with Gasteiger partial charge in [0.05, 0.1) is 7.11 Å². The molecular formula is C10H20N2O3. The van der Waals surface area contributed by atoms with Crippen LogP contribution in [-0.2, 0) is 14.3 Å². The molecule has 0 aromatic rings. The second-order valence-corrected chi connectivity index (χ2v) is 4.18. The van der Waals surface area contributed by atoms with Crippen LogP contribution in [0.25, 0.3) is 0 Å². The Hall–Kier alpha value is -1.10. The van der Waals surface area contributed by atoms with Crippen molar-refractivity contribution in [1.82, 2.24) is 10.2 Å². The molecule has 1 N–H and O–H groups in total. The zero-order chi connectivity index (χ0) is 12.1. The Kier molecular flexibility index (Phi) is 5.28. The summed E-state index contributed by atoms with van der Waals surface area (Å²) in [4.78, 5) is 24.8. The minimum absolute atomic E-state index is 0.309. The Morgan fingerprint density at radius 3 is 2.27 bits per heavy atom. The first-order valence-electron chi connectivity index (χ1n) is 4.83. The van der Waals surface area contributed by atoms with Crippen LogP contribution in [0.15, 0.2) is 0 Å². The maximum atomic E-state index is 11.6. The van der Waals surface area contributed by atoms with Crippen molar-refractivity contribution in [2.75, 3.05) is 34.3 Å². The number of carbonyl (C=O) groups excluding carboxylic acids is 2. The summed E-state index contributed by atoms with van der Waals surface area (Å²) in [6, 6.07) is 0. The average molecular weight is 216 g/mol. The number of esters is 1. The van der Waals surface area contributed by atoms with Crippen molar-refractivity contribution in [3.63, 3.8) is 0 Å². The highest BCUT2D eigenvalue weighted by Crippen LogP contribution is 2.16. The largest absolute Gasteiger partial charge is 0.468 e. The van der Waals surface area contributed by atoms with Crippen LogP contribution in [0, 0.1) is 5.41 Å². The van der Waals surface area contributed by atoms with Crippen molar-refractivity contribution in [3.05, 3.63) is 0 Å². The van der Waals surface area contributed by atoms with Crippen molar-refractivity contribution in [2.45, 2.75) is 13.8 Å². The summed E-state index contributed by atoms with van der Waals surface area (Å²) in [5.74, 6) is -0.832. The van der Waals surface area contributed by atoms with Crippen LogP contribution in [0.4, 0.5) is 0 Å². The molecule has 0 aliphatic carbocycles. The minimum atomic E-state index is -1.12. The highest BCUT2D eigenvalue weighted by atomic mass is 16.5. The third kappa shape index (κ3) is 4.29. The molecule has 1 amide bonds. The predicted octanol–water partition coefficient (Wildman–Crippen LogP) is -0.137. The van der Waals surface area contributed by atoms with Gasteiger partial charge in [0.1, 0.15) is 5.41 Å². The Morgan fingerprint density at radius 1 is 1.33 bits per heavy atom. The average Bonchev–Trinajstić information content (AvgIpc) is 2.15. The first kappa shape index (κ1) is 13.9. The number of hydrogen-bond acceptors (Lipinski definition) is 4. The molecule has 0 bridgehead atoms. The number of methoxy groups -OCH3 is 1. The summed E-state index contributed by atoms with van der Waals surface area (Å²) >= 11 is 0. The summed E-state index contributed by atoms with van der Waals surface area (Å²) < 4.78 is 4.55. The van der Waals surface area contributed by atoms with E-state index < -0.39 is 11.4 Å². The summed E-state index contributed by atoms with van der Waals surface area (Å²) in [6.07, 6.45) is 0. The second-order valence-electron chi connectivity index (χ2n) is 4.18. The molecule has 0 aliphatic heterocycles. The molecule has 0 heterocycles. The summed E-state index contributed by atoms with van der Waals surface area (Å²) in [6.45, 7) is 4.35. The van der Waals surface area contributed by atoms with Gasteiger partial charge in [-0.15, -0.1) is 0 Å². The molecule has 15 heavy (non-hydrogen) atoms. The van der Waals surface area contributed by atoms with Gasteiger partial charge in [-0.2, -0.15) is 0 Å². The van der Waals surface area contributed by atoms with Crippen LogP contribution in [0.2, 0.25) is 0 Å². The molecule has 0 fully saturated rings. The second kappa shape index (κ2) is 5.70. The molecule has 0 atom stereocenters. The van der Waals surface area contributed by atoms with Gasteiger partial charge in [0, 0.05) is 13.1 Å². The molecule has 88 valence electrons. The molecule has 0 unspecified atom stereocenters. The number of rotatable bonds is 5. The summed E-state index contributed by atoms with van der Waals surface area (Å²) in [5.41, 5.74) is -1.12. The Labute approximate surface area is 90.8 Å². The Morgan fingerprint density at radius 2 is 1.87 bits per heavy atom. The Balaban J connectivity index is 4.14. The monoisotopic (exact) mass is 216 g/mol. The lowest BCUT2D eigenvalue weighted by molar-refractivity contribution is -0.156. The third-order valence-electron chi connectivity index (χ3n) is 2.11. The van der Waals surface area contributed by atoms with Crippen molar-refractivity contribution < 1.29 is 14.3 Å². The minimum Gasteiger partial charge on any atom is -0.468 e. The molecule has 0 saturated heterocycles. The van der Waals surface area contributed by atoms with Crippen LogP contribution < -0.4 is 5.32 Å². The normalized spacial score (nSPS) is 11.3. The van der Waals surface area contributed by atoms with Crippen molar-refractivity contribution in [3.8, 4) is 0 Å². The molecule has 5 nitrogen and oxygen atoms in total. The lowest BCUT2D eigenvalue weighted by Crippen LogP contribution is -2.44. The number of ether oxygens (including phenoxy) is 1. The van der Waals surface area contributed by atoms with Crippen LogP contribution in [-0.4, -0.2) is 51.1 Å². The number of carbonyl (C=O) groups is 2. The van der Waals surface area contributed by atoms with E-state index >= 15 is 0 Å². The van der Waals surface area contributed by atoms with E-state index in [2.05, 4.69) is 10.1 Å². The molecule has 0 radical (unpaired) electrons. The SMILES string of the molecule is COC(=O)C(C)(C)C(=O)NCCN(C)C. The van der Waals surface area contributed by atoms with Gasteiger partial charge in [-0.25, -0.2) is 0 Å². The van der Waals surface area contributed by atoms with E-state index in [1.807, 2.05) is 19.0 Å². The maximum Gasteiger partial charge on any atom is 0.320 e. The van der Waals surface area contributed by atoms with Gasteiger partial charge < -0.3 is 15.0 Å². The summed E-state index contributed by atoms with van der Waals surface area (Å²) in [7, 11) is 5.10. The quantitative estimate of drug-likeness (QED) is 0.513. The van der Waals surface area contributed by atoms with Gasteiger partial charge in [0.2, 0.25) is 5.91 Å². The van der Waals surface area contributed by atoms with Gasteiger partial charge in [-0.1, -0.05) is 0 Å². The topological polar surface area (TPSA) is 58.6 Å². The fraction of sp³-hybridized carbons (Fsp3) is 0.800. The number of amides is 1. The van der Waals surface area contributed by atoms with E-state index in [4.69, 9.17) is 0 Å². The van der Waals surface area contributed by atoms with E-state index in [0.717, 1.165) is 6.54 Å². The molecule has 0 aromatic heterocycles. The van der Waals surface area contributed by atoms with Crippen LogP contribution in [0.1, 0.15) is 13.8 Å². The fourth-order valence-corrected chi connectivity index (χ4v) is 0.962. The van der Waals surface area contributed by atoms with Gasteiger partial charge in [-0.3, -0.25) is 9.59 Å². The van der Waals surface area contributed by atoms with E-state index in [1.165, 1.54) is 7.11 Å². The molecule has 0 rings (SSSR count). The molecule has 0 aliphatic rings. The molecule has 0 saturated carbocycles. The van der Waals surface area contributed by atoms with Gasteiger partial charge in [0.25, 0.3) is 0 Å². The predicted molar refractivity (Wildman–Crippen MR) is 57.4 cm³/mol. The molecule has 0 aromatic carbocycles. The first-order chi connectivity index (χ1) is 6.82. The standard InChI is InChI=1S/C10H20N2O3/c1-10(2,9(14)15-5)8(13)11-6-7-12(3)4/h6-7H2,1-5H3,(H,11,13). The van der Waals surface area contributed by atoms with E-state index in [-0.39, 0.29) is 5.91 Å². The van der Waals surface area contributed by atoms with E-state index in [0.29, 0.717) is 6.54 Å². The number of nitrogens with zero attached hydrogens (tertiary/aromatic N) is 1. The zero-order valence-electron chi connectivity index (χ0n) is 10.1. The number of nitrogens with one attached hydrogen (secondary N) is 1.